The molecule has 234 valence electrons. The highest BCUT2D eigenvalue weighted by molar-refractivity contribution is 7.70. The highest BCUT2D eigenvalue weighted by Gasteiger charge is 2.35. The van der Waals surface area contributed by atoms with Gasteiger partial charge in [0.25, 0.3) is 0 Å². The Hall–Kier alpha value is -3.73. The van der Waals surface area contributed by atoms with Crippen LogP contribution in [0, 0.1) is 13.8 Å². The molecule has 4 aromatic rings. The Bertz CT molecular complexity index is 1700. The summed E-state index contributed by atoms with van der Waals surface area (Å²) in [6, 6.07) is 9.30. The van der Waals surface area contributed by atoms with E-state index in [-0.39, 0.29) is 0 Å². The van der Waals surface area contributed by atoms with Gasteiger partial charge in [0.1, 0.15) is 30.5 Å². The average molecular weight is 619 g/mol. The van der Waals surface area contributed by atoms with Gasteiger partial charge >= 0.3 is 0 Å². The summed E-state index contributed by atoms with van der Waals surface area (Å²) >= 11 is 0. The second-order valence-electron chi connectivity index (χ2n) is 12.6. The van der Waals surface area contributed by atoms with Crippen LogP contribution >= 0.6 is 7.14 Å². The van der Waals surface area contributed by atoms with Crippen molar-refractivity contribution in [1.29, 1.82) is 0 Å². The molecule has 13 heteroatoms. The maximum Gasteiger partial charge on any atom is 0.229 e. The smallest absolute Gasteiger partial charge is 0.229 e. The molecule has 0 unspecified atom stereocenters. The van der Waals surface area contributed by atoms with E-state index in [0.29, 0.717) is 40.6 Å². The van der Waals surface area contributed by atoms with E-state index in [4.69, 9.17) is 9.72 Å². The number of ether oxygens (including phenoxy) is 1. The molecule has 2 aliphatic rings. The summed E-state index contributed by atoms with van der Waals surface area (Å²) in [5, 5.41) is 14.9. The molecule has 0 amide bonds. The maximum absolute atomic E-state index is 13.3. The van der Waals surface area contributed by atoms with Crippen LogP contribution in [0.4, 0.5) is 28.8 Å². The summed E-state index contributed by atoms with van der Waals surface area (Å²) in [5.41, 5.74) is 5.98. The number of hydrogen-bond acceptors (Lipinski definition) is 11. The average Bonchev–Trinajstić information content (AvgIpc) is 3.42. The van der Waals surface area contributed by atoms with Crippen molar-refractivity contribution in [2.24, 2.45) is 0 Å². The molecule has 2 saturated heterocycles. The molecule has 2 aliphatic heterocycles. The molecule has 1 aromatic carbocycles. The van der Waals surface area contributed by atoms with Crippen LogP contribution in [0.25, 0.3) is 5.65 Å². The topological polar surface area (TPSA) is 116 Å². The van der Waals surface area contributed by atoms with Gasteiger partial charge in [0.05, 0.1) is 18.5 Å². The molecule has 2 fully saturated rings. The minimum atomic E-state index is -2.70. The van der Waals surface area contributed by atoms with Crippen molar-refractivity contribution in [3.63, 3.8) is 0 Å². The van der Waals surface area contributed by atoms with E-state index in [0.717, 1.165) is 30.1 Å². The van der Waals surface area contributed by atoms with E-state index >= 15 is 0 Å². The molecule has 5 heterocycles. The van der Waals surface area contributed by atoms with Crippen LogP contribution in [0.5, 0.6) is 5.75 Å². The molecule has 44 heavy (non-hydrogen) atoms. The number of hydrogen-bond donors (Lipinski definition) is 2. The fourth-order valence-electron chi connectivity index (χ4n) is 6.28. The molecule has 2 N–H and O–H groups in total. The van der Waals surface area contributed by atoms with Gasteiger partial charge in [0.15, 0.2) is 5.65 Å². The number of methoxy groups -OCH3 is 1. The van der Waals surface area contributed by atoms with Gasteiger partial charge in [-0.2, -0.15) is 4.98 Å². The Balaban J connectivity index is 1.19. The lowest BCUT2D eigenvalue weighted by Gasteiger charge is -2.49. The fraction of sp³-hybridized carbons (Fsp3) is 0.484. The number of likely N-dealkylation sites (tertiary alicyclic amines) is 1. The summed E-state index contributed by atoms with van der Waals surface area (Å²) in [6.45, 7) is 12.0. The van der Waals surface area contributed by atoms with Gasteiger partial charge in [0.2, 0.25) is 5.95 Å². The van der Waals surface area contributed by atoms with Gasteiger partial charge in [-0.15, -0.1) is 10.2 Å². The minimum absolute atomic E-state index is 0.429. The van der Waals surface area contributed by atoms with Gasteiger partial charge in [-0.05, 0) is 77.9 Å². The third-order valence-electron chi connectivity index (χ3n) is 8.88. The van der Waals surface area contributed by atoms with E-state index in [2.05, 4.69) is 73.7 Å². The third-order valence-corrected chi connectivity index (χ3v) is 10.4. The van der Waals surface area contributed by atoms with Gasteiger partial charge < -0.3 is 29.7 Å². The predicted octanol–water partition coefficient (Wildman–Crippen LogP) is 4.09. The van der Waals surface area contributed by atoms with Gasteiger partial charge in [-0.25, -0.2) is 4.98 Å². The number of pyridine rings is 1. The number of nitrogens with one attached hydrogen (secondary N) is 2. The maximum atomic E-state index is 13.3. The number of aryl methyl sites for hydroxylation is 2. The Labute approximate surface area is 259 Å². The Morgan fingerprint density at radius 2 is 1.77 bits per heavy atom. The quantitative estimate of drug-likeness (QED) is 0.264. The molecule has 0 bridgehead atoms. The van der Waals surface area contributed by atoms with Crippen molar-refractivity contribution in [2.45, 2.75) is 38.8 Å². The first-order valence-corrected chi connectivity index (χ1v) is 17.7. The summed E-state index contributed by atoms with van der Waals surface area (Å²) in [4.78, 5) is 16.8. The number of anilines is 5. The lowest BCUT2D eigenvalue weighted by atomic mass is 9.96. The van der Waals surface area contributed by atoms with Gasteiger partial charge in [-0.3, -0.25) is 9.30 Å². The van der Waals surface area contributed by atoms with E-state index in [1.165, 1.54) is 37.2 Å². The number of nitrogens with zero attached hydrogens (tertiary/aromatic N) is 8. The van der Waals surface area contributed by atoms with Crippen LogP contribution in [-0.4, -0.2) is 107 Å². The Kier molecular flexibility index (Phi) is 8.26. The zero-order chi connectivity index (χ0) is 31.2. The lowest BCUT2D eigenvalue weighted by Crippen LogP contribution is -2.62. The number of piperidine rings is 1. The van der Waals surface area contributed by atoms with Crippen molar-refractivity contribution in [3.8, 4) is 5.75 Å². The van der Waals surface area contributed by atoms with Gasteiger partial charge in [-0.1, -0.05) is 0 Å². The number of rotatable bonds is 9. The van der Waals surface area contributed by atoms with E-state index in [1.54, 1.807) is 37.4 Å². The normalized spacial score (nSPS) is 16.9. The molecule has 3 aromatic heterocycles. The summed E-state index contributed by atoms with van der Waals surface area (Å²) in [6.07, 6.45) is 5.70. The SMILES string of the molecule is COc1cc(N2CCC(N3CC(N(C)C)C3)CC2)c(C)cc1Nc1ncc(C)c(Nc2ccc3nncn3c2P(C)(C)=O)n1. The Morgan fingerprint density at radius 3 is 2.45 bits per heavy atom. The minimum Gasteiger partial charge on any atom is -0.494 e. The zero-order valence-corrected chi connectivity index (χ0v) is 27.6. The number of benzene rings is 1. The third kappa shape index (κ3) is 5.98. The fourth-order valence-corrected chi connectivity index (χ4v) is 7.66. The van der Waals surface area contributed by atoms with Crippen LogP contribution in [0.1, 0.15) is 24.0 Å². The van der Waals surface area contributed by atoms with Crippen LogP contribution in [-0.2, 0) is 4.57 Å². The molecule has 0 spiro atoms. The molecular formula is C31H43N10O2P. The summed E-state index contributed by atoms with van der Waals surface area (Å²) in [7, 11) is 3.35. The molecule has 12 nitrogen and oxygen atoms in total. The van der Waals surface area contributed by atoms with E-state index in [9.17, 15) is 4.57 Å². The largest absolute Gasteiger partial charge is 0.494 e. The number of likely N-dealkylation sites (N-methyl/N-ethyl adjacent to an activating group) is 1. The standard InChI is InChI=1S/C31H43N10O2P/c1-20-14-25(27(43-5)15-26(20)39-12-10-22(11-13-39)40-17-23(18-40)38(3)4)35-31-32-16-21(2)29(36-31)34-24-8-9-28-37-33-19-41(28)30(24)44(6,7)42/h8-9,14-16,19,22-23H,10-13,17-18H2,1-7H3,(H2,32,34,35,36). The first-order valence-electron chi connectivity index (χ1n) is 15.1. The van der Waals surface area contributed by atoms with Crippen molar-refractivity contribution >= 4 is 47.1 Å². The van der Waals surface area contributed by atoms with Crippen LogP contribution in [0.15, 0.2) is 36.8 Å². The molecule has 6 rings (SSSR count). The highest BCUT2D eigenvalue weighted by Crippen LogP contribution is 2.39. The van der Waals surface area contributed by atoms with E-state index in [1.807, 2.05) is 19.1 Å². The molecular weight excluding hydrogens is 575 g/mol. The van der Waals surface area contributed by atoms with Crippen molar-refractivity contribution < 1.29 is 9.30 Å². The number of aromatic nitrogens is 5. The Morgan fingerprint density at radius 1 is 1.02 bits per heavy atom. The highest BCUT2D eigenvalue weighted by atomic mass is 31.2. The van der Waals surface area contributed by atoms with Crippen molar-refractivity contribution in [2.75, 3.05) is 76.2 Å². The first kappa shape index (κ1) is 30.3. The monoisotopic (exact) mass is 618 g/mol. The van der Waals surface area contributed by atoms with Crippen LogP contribution in [0.2, 0.25) is 0 Å². The zero-order valence-electron chi connectivity index (χ0n) is 26.7. The molecule has 0 saturated carbocycles. The van der Waals surface area contributed by atoms with Gasteiger partial charge in [0, 0.05) is 61.8 Å². The van der Waals surface area contributed by atoms with Crippen LogP contribution in [0.3, 0.4) is 0 Å². The number of fused-ring (bicyclic) bond motifs is 1. The molecule has 0 radical (unpaired) electrons. The van der Waals surface area contributed by atoms with Crippen molar-refractivity contribution in [3.05, 3.63) is 47.9 Å². The van der Waals surface area contributed by atoms with Crippen molar-refractivity contribution in [1.82, 2.24) is 34.4 Å². The molecule has 0 aliphatic carbocycles. The summed E-state index contributed by atoms with van der Waals surface area (Å²) in [5.74, 6) is 1.78. The lowest BCUT2D eigenvalue weighted by molar-refractivity contribution is 0.0188. The predicted molar refractivity (Wildman–Crippen MR) is 177 cm³/mol. The summed E-state index contributed by atoms with van der Waals surface area (Å²) < 4.78 is 20.9. The second kappa shape index (κ2) is 12.0. The first-order chi connectivity index (χ1) is 21.0. The molecule has 0 atom stereocenters. The van der Waals surface area contributed by atoms with Crippen LogP contribution < -0.4 is 25.7 Å². The van der Waals surface area contributed by atoms with E-state index < -0.39 is 7.14 Å². The second-order valence-corrected chi connectivity index (χ2v) is 15.7.